The van der Waals surface area contributed by atoms with Crippen LogP contribution in [0.4, 0.5) is 13.6 Å². The molecule has 106 valence electrons. The predicted molar refractivity (Wildman–Crippen MR) is 70.1 cm³/mol. The van der Waals surface area contributed by atoms with Gasteiger partial charge in [-0.1, -0.05) is 36.3 Å². The number of halogens is 2. The lowest BCUT2D eigenvalue weighted by Gasteiger charge is -2.38. The summed E-state index contributed by atoms with van der Waals surface area (Å²) in [6.07, 6.45) is 3.99. The van der Waals surface area contributed by atoms with Crippen LogP contribution >= 0.6 is 0 Å². The fourth-order valence-electron chi connectivity index (χ4n) is 2.13. The summed E-state index contributed by atoms with van der Waals surface area (Å²) in [6, 6.07) is 8.44. The Bertz CT molecular complexity index is 502. The van der Waals surface area contributed by atoms with Crippen molar-refractivity contribution in [2.45, 2.75) is 31.4 Å². The van der Waals surface area contributed by atoms with Gasteiger partial charge in [0.1, 0.15) is 6.61 Å². The highest BCUT2D eigenvalue weighted by atomic mass is 19.3. The summed E-state index contributed by atoms with van der Waals surface area (Å²) in [4.78, 5) is 11.6. The van der Waals surface area contributed by atoms with Crippen molar-refractivity contribution in [3.63, 3.8) is 0 Å². The summed E-state index contributed by atoms with van der Waals surface area (Å²) < 4.78 is 30.6. The van der Waals surface area contributed by atoms with E-state index in [2.05, 4.69) is 11.2 Å². The first-order valence-electron chi connectivity index (χ1n) is 6.31. The fraction of sp³-hybridized carbons (Fsp3) is 0.400. The molecule has 0 saturated heterocycles. The van der Waals surface area contributed by atoms with E-state index in [9.17, 15) is 13.6 Å². The van der Waals surface area contributed by atoms with Gasteiger partial charge in [-0.05, 0) is 5.56 Å². The molecular weight excluding hydrogens is 264 g/mol. The minimum absolute atomic E-state index is 0.116. The molecule has 2 rings (SSSR count). The number of carbonyl (C=O) groups excluding carboxylic acids is 1. The zero-order valence-electron chi connectivity index (χ0n) is 10.8. The van der Waals surface area contributed by atoms with Gasteiger partial charge in [0, 0.05) is 18.8 Å². The third kappa shape index (κ3) is 3.70. The van der Waals surface area contributed by atoms with Crippen LogP contribution in [0, 0.1) is 18.3 Å². The quantitative estimate of drug-likeness (QED) is 0.860. The van der Waals surface area contributed by atoms with Gasteiger partial charge in [-0.15, -0.1) is 6.42 Å². The van der Waals surface area contributed by atoms with Crippen molar-refractivity contribution in [3.05, 3.63) is 35.9 Å². The Labute approximate surface area is 116 Å². The molecule has 0 aromatic heterocycles. The highest BCUT2D eigenvalue weighted by Gasteiger charge is 2.48. The molecule has 1 aliphatic carbocycles. The van der Waals surface area contributed by atoms with Crippen LogP contribution < -0.4 is 5.32 Å². The first kappa shape index (κ1) is 14.3. The Balaban J connectivity index is 1.77. The molecule has 1 aromatic carbocycles. The third-order valence-corrected chi connectivity index (χ3v) is 3.26. The molecule has 1 amide bonds. The Morgan fingerprint density at radius 3 is 2.65 bits per heavy atom. The first-order chi connectivity index (χ1) is 9.50. The normalized spacial score (nSPS) is 18.4. The average molecular weight is 279 g/mol. The molecular formula is C15H15F2NO2. The zero-order valence-corrected chi connectivity index (χ0v) is 10.8. The van der Waals surface area contributed by atoms with Crippen molar-refractivity contribution in [3.8, 4) is 12.3 Å². The molecule has 20 heavy (non-hydrogen) atoms. The maximum atomic E-state index is 12.8. The summed E-state index contributed by atoms with van der Waals surface area (Å²) in [5.74, 6) is -0.721. The highest BCUT2D eigenvalue weighted by Crippen LogP contribution is 2.43. The van der Waals surface area contributed by atoms with Crippen molar-refractivity contribution in [1.82, 2.24) is 5.32 Å². The molecule has 1 aromatic rings. The summed E-state index contributed by atoms with van der Waals surface area (Å²) in [6.45, 7) is 0.116. The van der Waals surface area contributed by atoms with E-state index in [1.54, 1.807) is 0 Å². The van der Waals surface area contributed by atoms with Gasteiger partial charge < -0.3 is 10.1 Å². The second-order valence-electron chi connectivity index (χ2n) is 4.87. The molecule has 0 spiro atoms. The van der Waals surface area contributed by atoms with Gasteiger partial charge >= 0.3 is 6.09 Å². The molecule has 1 aliphatic rings. The Morgan fingerprint density at radius 1 is 1.45 bits per heavy atom. The first-order valence-corrected chi connectivity index (χ1v) is 6.31. The standard InChI is InChI=1S/C15H15F2NO2/c1-2-13(12-8-15(16,17)9-12)18-14(19)20-10-11-6-4-3-5-7-11/h1,3-7,12-13H,8-10H2,(H,18,19). The number of amides is 1. The Kier molecular flexibility index (Phi) is 4.23. The molecule has 1 fully saturated rings. The molecule has 0 bridgehead atoms. The second kappa shape index (κ2) is 5.91. The van der Waals surface area contributed by atoms with Gasteiger partial charge in [0.2, 0.25) is 5.92 Å². The number of hydrogen-bond donors (Lipinski definition) is 1. The van der Waals surface area contributed by atoms with Crippen molar-refractivity contribution in [2.24, 2.45) is 5.92 Å². The van der Waals surface area contributed by atoms with Crippen LogP contribution in [0.2, 0.25) is 0 Å². The number of terminal acetylenes is 1. The Morgan fingerprint density at radius 2 is 2.10 bits per heavy atom. The van der Waals surface area contributed by atoms with Gasteiger partial charge in [-0.3, -0.25) is 0 Å². The van der Waals surface area contributed by atoms with Crippen LogP contribution in [0.25, 0.3) is 0 Å². The summed E-state index contributed by atoms with van der Waals surface area (Å²) >= 11 is 0. The number of alkyl carbamates (subject to hydrolysis) is 1. The number of ether oxygens (including phenoxy) is 1. The third-order valence-electron chi connectivity index (χ3n) is 3.26. The summed E-state index contributed by atoms with van der Waals surface area (Å²) in [5.41, 5.74) is 0.843. The van der Waals surface area contributed by atoms with Crippen molar-refractivity contribution in [1.29, 1.82) is 0 Å². The van der Waals surface area contributed by atoms with Gasteiger partial charge in [-0.25, -0.2) is 13.6 Å². The van der Waals surface area contributed by atoms with E-state index in [-0.39, 0.29) is 25.4 Å². The lowest BCUT2D eigenvalue weighted by Crippen LogP contribution is -2.49. The number of rotatable bonds is 4. The van der Waals surface area contributed by atoms with Crippen LogP contribution in [-0.2, 0) is 11.3 Å². The summed E-state index contributed by atoms with van der Waals surface area (Å²) in [5, 5.41) is 2.45. The van der Waals surface area contributed by atoms with Crippen molar-refractivity contribution < 1.29 is 18.3 Å². The predicted octanol–water partition coefficient (Wildman–Crippen LogP) is 2.96. The van der Waals surface area contributed by atoms with E-state index < -0.39 is 18.1 Å². The smallest absolute Gasteiger partial charge is 0.408 e. The van der Waals surface area contributed by atoms with Crippen LogP contribution in [-0.4, -0.2) is 18.1 Å². The van der Waals surface area contributed by atoms with E-state index >= 15 is 0 Å². The Hall–Kier alpha value is -2.09. The maximum Gasteiger partial charge on any atom is 0.408 e. The largest absolute Gasteiger partial charge is 0.445 e. The monoisotopic (exact) mass is 279 g/mol. The molecule has 5 heteroatoms. The molecule has 0 heterocycles. The minimum Gasteiger partial charge on any atom is -0.445 e. The lowest BCUT2D eigenvalue weighted by atomic mass is 9.76. The minimum atomic E-state index is -2.66. The van der Waals surface area contributed by atoms with Crippen molar-refractivity contribution >= 4 is 6.09 Å². The van der Waals surface area contributed by atoms with E-state index in [1.807, 2.05) is 30.3 Å². The number of nitrogens with one attached hydrogen (secondary N) is 1. The molecule has 0 radical (unpaired) electrons. The second-order valence-corrected chi connectivity index (χ2v) is 4.87. The molecule has 0 aliphatic heterocycles. The molecule has 3 nitrogen and oxygen atoms in total. The van der Waals surface area contributed by atoms with E-state index in [4.69, 9.17) is 11.2 Å². The number of alkyl halides is 2. The van der Waals surface area contributed by atoms with Crippen LogP contribution in [0.15, 0.2) is 30.3 Å². The molecule has 1 unspecified atom stereocenters. The number of hydrogen-bond acceptors (Lipinski definition) is 2. The highest BCUT2D eigenvalue weighted by molar-refractivity contribution is 5.68. The van der Waals surface area contributed by atoms with Crippen LogP contribution in [0.3, 0.4) is 0 Å². The van der Waals surface area contributed by atoms with Gasteiger partial charge in [0.05, 0.1) is 6.04 Å². The molecule has 1 atom stereocenters. The maximum absolute atomic E-state index is 12.8. The number of carbonyl (C=O) groups is 1. The van der Waals surface area contributed by atoms with E-state index in [0.29, 0.717) is 0 Å². The molecule has 1 N–H and O–H groups in total. The van der Waals surface area contributed by atoms with E-state index in [1.165, 1.54) is 0 Å². The van der Waals surface area contributed by atoms with Gasteiger partial charge in [0.25, 0.3) is 0 Å². The zero-order chi connectivity index (χ0) is 14.6. The van der Waals surface area contributed by atoms with Gasteiger partial charge in [0.15, 0.2) is 0 Å². The van der Waals surface area contributed by atoms with Crippen LogP contribution in [0.5, 0.6) is 0 Å². The SMILES string of the molecule is C#CC(NC(=O)OCc1ccccc1)C1CC(F)(F)C1. The lowest BCUT2D eigenvalue weighted by molar-refractivity contribution is -0.114. The topological polar surface area (TPSA) is 38.3 Å². The molecule has 1 saturated carbocycles. The fourth-order valence-corrected chi connectivity index (χ4v) is 2.13. The van der Waals surface area contributed by atoms with E-state index in [0.717, 1.165) is 5.56 Å². The van der Waals surface area contributed by atoms with Gasteiger partial charge in [-0.2, -0.15) is 0 Å². The van der Waals surface area contributed by atoms with Crippen molar-refractivity contribution in [2.75, 3.05) is 0 Å². The summed E-state index contributed by atoms with van der Waals surface area (Å²) in [7, 11) is 0. The average Bonchev–Trinajstić information content (AvgIpc) is 2.41. The number of benzene rings is 1. The van der Waals surface area contributed by atoms with Crippen LogP contribution in [0.1, 0.15) is 18.4 Å².